The first-order valence-corrected chi connectivity index (χ1v) is 3.85. The molecule has 0 aromatic rings. The van der Waals surface area contributed by atoms with Gasteiger partial charge < -0.3 is 4.74 Å². The second-order valence-corrected chi connectivity index (χ2v) is 3.86. The van der Waals surface area contributed by atoms with Crippen molar-refractivity contribution in [2.24, 2.45) is 5.41 Å². The zero-order valence-corrected chi connectivity index (χ0v) is 8.19. The SMILES string of the molecule is C=COC(=C(C)C)C(C)(C)C. The monoisotopic (exact) mass is 154 g/mol. The van der Waals surface area contributed by atoms with Crippen molar-refractivity contribution >= 4 is 0 Å². The molecule has 0 atom stereocenters. The van der Waals surface area contributed by atoms with Gasteiger partial charge in [0.25, 0.3) is 0 Å². The van der Waals surface area contributed by atoms with Gasteiger partial charge in [-0.15, -0.1) is 0 Å². The third-order valence-corrected chi connectivity index (χ3v) is 1.34. The van der Waals surface area contributed by atoms with E-state index in [0.29, 0.717) is 0 Å². The van der Waals surface area contributed by atoms with Crippen LogP contribution in [0.2, 0.25) is 0 Å². The van der Waals surface area contributed by atoms with Crippen molar-refractivity contribution in [3.8, 4) is 0 Å². The highest BCUT2D eigenvalue weighted by molar-refractivity contribution is 5.10. The van der Waals surface area contributed by atoms with E-state index in [1.54, 1.807) is 0 Å². The molecule has 0 unspecified atom stereocenters. The maximum absolute atomic E-state index is 5.31. The molecule has 0 saturated heterocycles. The molecule has 0 amide bonds. The third-order valence-electron chi connectivity index (χ3n) is 1.34. The summed E-state index contributed by atoms with van der Waals surface area (Å²) in [5.41, 5.74) is 1.28. The largest absolute Gasteiger partial charge is 0.469 e. The van der Waals surface area contributed by atoms with Gasteiger partial charge in [0.05, 0.1) is 6.26 Å². The van der Waals surface area contributed by atoms with Gasteiger partial charge in [0.15, 0.2) is 0 Å². The smallest absolute Gasteiger partial charge is 0.107 e. The molecule has 0 N–H and O–H groups in total. The van der Waals surface area contributed by atoms with Crippen LogP contribution in [-0.4, -0.2) is 0 Å². The van der Waals surface area contributed by atoms with Crippen LogP contribution in [0.5, 0.6) is 0 Å². The van der Waals surface area contributed by atoms with Crippen molar-refractivity contribution in [2.45, 2.75) is 34.6 Å². The molecular formula is C10H18O. The summed E-state index contributed by atoms with van der Waals surface area (Å²) in [6, 6.07) is 0. The van der Waals surface area contributed by atoms with Crippen LogP contribution in [0.25, 0.3) is 0 Å². The lowest BCUT2D eigenvalue weighted by Crippen LogP contribution is -2.11. The van der Waals surface area contributed by atoms with Crippen LogP contribution in [0, 0.1) is 5.41 Å². The van der Waals surface area contributed by atoms with Crippen LogP contribution in [0.15, 0.2) is 24.2 Å². The highest BCUT2D eigenvalue weighted by Gasteiger charge is 2.19. The van der Waals surface area contributed by atoms with E-state index in [0.717, 1.165) is 5.76 Å². The fraction of sp³-hybridized carbons (Fsp3) is 0.600. The van der Waals surface area contributed by atoms with E-state index in [9.17, 15) is 0 Å². The van der Waals surface area contributed by atoms with Gasteiger partial charge in [-0.1, -0.05) is 27.4 Å². The van der Waals surface area contributed by atoms with Gasteiger partial charge in [0.1, 0.15) is 5.76 Å². The molecule has 0 aliphatic carbocycles. The minimum atomic E-state index is 0.0764. The molecule has 0 fully saturated rings. The van der Waals surface area contributed by atoms with Crippen LogP contribution in [0.3, 0.4) is 0 Å². The molecule has 0 aromatic carbocycles. The van der Waals surface area contributed by atoms with Crippen molar-refractivity contribution in [1.82, 2.24) is 0 Å². The van der Waals surface area contributed by atoms with Crippen LogP contribution >= 0.6 is 0 Å². The molecule has 1 heteroatoms. The van der Waals surface area contributed by atoms with Gasteiger partial charge in [-0.3, -0.25) is 0 Å². The summed E-state index contributed by atoms with van der Waals surface area (Å²) >= 11 is 0. The topological polar surface area (TPSA) is 9.23 Å². The lowest BCUT2D eigenvalue weighted by Gasteiger charge is -2.22. The first kappa shape index (κ1) is 10.3. The van der Waals surface area contributed by atoms with Gasteiger partial charge in [0.2, 0.25) is 0 Å². The van der Waals surface area contributed by atoms with Crippen LogP contribution < -0.4 is 0 Å². The maximum Gasteiger partial charge on any atom is 0.107 e. The number of hydrogen-bond donors (Lipinski definition) is 0. The Labute approximate surface area is 69.8 Å². The predicted octanol–water partition coefficient (Wildman–Crippen LogP) is 3.49. The Kier molecular flexibility index (Phi) is 3.37. The fourth-order valence-corrected chi connectivity index (χ4v) is 1.13. The molecule has 0 aromatic heterocycles. The summed E-state index contributed by atoms with van der Waals surface area (Å²) in [6.45, 7) is 14.0. The summed E-state index contributed by atoms with van der Waals surface area (Å²) in [7, 11) is 0. The molecule has 0 rings (SSSR count). The Bertz CT molecular complexity index is 166. The van der Waals surface area contributed by atoms with Gasteiger partial charge in [-0.05, 0) is 19.4 Å². The number of allylic oxidation sites excluding steroid dienone is 2. The summed E-state index contributed by atoms with van der Waals surface area (Å²) < 4.78 is 5.31. The van der Waals surface area contributed by atoms with E-state index in [2.05, 4.69) is 27.4 Å². The molecule has 0 radical (unpaired) electrons. The maximum atomic E-state index is 5.31. The predicted molar refractivity (Wildman–Crippen MR) is 49.1 cm³/mol. The first-order chi connectivity index (χ1) is 4.89. The number of rotatable bonds is 2. The Morgan fingerprint density at radius 1 is 1.27 bits per heavy atom. The van der Waals surface area contributed by atoms with Gasteiger partial charge in [-0.25, -0.2) is 0 Å². The molecule has 0 spiro atoms. The fourth-order valence-electron chi connectivity index (χ4n) is 1.13. The number of ether oxygens (including phenoxy) is 1. The van der Waals surface area contributed by atoms with Crippen LogP contribution in [0.4, 0.5) is 0 Å². The van der Waals surface area contributed by atoms with E-state index in [1.807, 2.05) is 13.8 Å². The minimum Gasteiger partial charge on any atom is -0.469 e. The molecular weight excluding hydrogens is 136 g/mol. The summed E-state index contributed by atoms with van der Waals surface area (Å²) in [5, 5.41) is 0. The Morgan fingerprint density at radius 2 is 1.73 bits per heavy atom. The van der Waals surface area contributed by atoms with Gasteiger partial charge in [-0.2, -0.15) is 0 Å². The molecule has 0 bridgehead atoms. The molecule has 1 nitrogen and oxygen atoms in total. The Morgan fingerprint density at radius 3 is 1.82 bits per heavy atom. The van der Waals surface area contributed by atoms with E-state index in [1.165, 1.54) is 11.8 Å². The molecule has 0 aliphatic heterocycles. The van der Waals surface area contributed by atoms with Gasteiger partial charge >= 0.3 is 0 Å². The standard InChI is InChI=1S/C10H18O/c1-7-11-9(8(2)3)10(4,5)6/h7H,1H2,2-6H3. The van der Waals surface area contributed by atoms with E-state index < -0.39 is 0 Å². The van der Waals surface area contributed by atoms with Crippen molar-refractivity contribution in [2.75, 3.05) is 0 Å². The third kappa shape index (κ3) is 3.26. The second kappa shape index (κ2) is 3.61. The molecule has 0 heterocycles. The van der Waals surface area contributed by atoms with Crippen molar-refractivity contribution in [3.63, 3.8) is 0 Å². The van der Waals surface area contributed by atoms with E-state index >= 15 is 0 Å². The summed E-state index contributed by atoms with van der Waals surface area (Å²) in [5.74, 6) is 1.01. The highest BCUT2D eigenvalue weighted by Crippen LogP contribution is 2.28. The molecule has 0 aliphatic rings. The Hall–Kier alpha value is -0.720. The highest BCUT2D eigenvalue weighted by atomic mass is 16.5. The minimum absolute atomic E-state index is 0.0764. The summed E-state index contributed by atoms with van der Waals surface area (Å²) in [4.78, 5) is 0. The molecule has 0 saturated carbocycles. The summed E-state index contributed by atoms with van der Waals surface area (Å²) in [6.07, 6.45) is 1.48. The van der Waals surface area contributed by atoms with Crippen molar-refractivity contribution in [3.05, 3.63) is 24.2 Å². The first-order valence-electron chi connectivity index (χ1n) is 3.85. The lowest BCUT2D eigenvalue weighted by atomic mass is 9.91. The van der Waals surface area contributed by atoms with E-state index in [4.69, 9.17) is 4.74 Å². The van der Waals surface area contributed by atoms with Gasteiger partial charge in [0, 0.05) is 5.41 Å². The zero-order chi connectivity index (χ0) is 9.07. The average Bonchev–Trinajstić information content (AvgIpc) is 1.79. The van der Waals surface area contributed by atoms with E-state index in [-0.39, 0.29) is 5.41 Å². The average molecular weight is 154 g/mol. The zero-order valence-electron chi connectivity index (χ0n) is 8.19. The van der Waals surface area contributed by atoms with Crippen LogP contribution in [-0.2, 0) is 4.74 Å². The lowest BCUT2D eigenvalue weighted by molar-refractivity contribution is 0.241. The molecule has 11 heavy (non-hydrogen) atoms. The molecule has 64 valence electrons. The normalized spacial score (nSPS) is 10.6. The quantitative estimate of drug-likeness (QED) is 0.553. The van der Waals surface area contributed by atoms with Crippen LogP contribution in [0.1, 0.15) is 34.6 Å². The number of hydrogen-bond acceptors (Lipinski definition) is 1. The van der Waals surface area contributed by atoms with Crippen molar-refractivity contribution < 1.29 is 4.74 Å². The van der Waals surface area contributed by atoms with Crippen molar-refractivity contribution in [1.29, 1.82) is 0 Å². The second-order valence-electron chi connectivity index (χ2n) is 3.86. The Balaban J connectivity index is 4.63.